The molecule has 0 amide bonds. The van der Waals surface area contributed by atoms with Gasteiger partial charge in [0, 0.05) is 75.7 Å². The van der Waals surface area contributed by atoms with Crippen LogP contribution in [0.5, 0.6) is 0 Å². The van der Waals surface area contributed by atoms with E-state index in [0.29, 0.717) is 0 Å². The summed E-state index contributed by atoms with van der Waals surface area (Å²) in [5.74, 6) is 1.70. The first-order chi connectivity index (χ1) is 31.5. The number of fused-ring (bicyclic) bond motifs is 10. The van der Waals surface area contributed by atoms with E-state index in [4.69, 9.17) is 8.83 Å². The van der Waals surface area contributed by atoms with E-state index in [1.54, 1.807) is 22.7 Å². The number of rotatable bonds is 4. The fourth-order valence-electron chi connectivity index (χ4n) is 10.4. The molecule has 7 aromatic carbocycles. The van der Waals surface area contributed by atoms with Crippen molar-refractivity contribution in [3.63, 3.8) is 0 Å². The molecule has 0 aliphatic carbocycles. The minimum atomic E-state index is -0.167. The van der Waals surface area contributed by atoms with Gasteiger partial charge in [-0.2, -0.15) is 0 Å². The molecule has 0 atom stereocenters. The quantitative estimate of drug-likeness (QED) is 0.165. The average Bonchev–Trinajstić information content (AvgIpc) is 4.11. The second kappa shape index (κ2) is 13.9. The Morgan fingerprint density at radius 2 is 0.862 bits per heavy atom. The Morgan fingerprint density at radius 1 is 0.431 bits per heavy atom. The fraction of sp³-hybridized carbons (Fsp3) is 0.138. The molecule has 2 aliphatic heterocycles. The molecule has 0 radical (unpaired) electrons. The number of nitrogens with zero attached hydrogens (tertiary/aromatic N) is 2. The molecule has 314 valence electrons. The molecule has 7 heteroatoms. The van der Waals surface area contributed by atoms with Crippen LogP contribution >= 0.6 is 22.7 Å². The summed E-state index contributed by atoms with van der Waals surface area (Å²) >= 11 is 3.59. The van der Waals surface area contributed by atoms with Crippen molar-refractivity contribution in [2.45, 2.75) is 52.4 Å². The lowest BCUT2D eigenvalue weighted by Crippen LogP contribution is -2.60. The predicted molar refractivity (Wildman–Crippen MR) is 279 cm³/mol. The van der Waals surface area contributed by atoms with Gasteiger partial charge in [0.1, 0.15) is 11.2 Å². The number of hydrogen-bond donors (Lipinski definition) is 0. The van der Waals surface area contributed by atoms with Gasteiger partial charge in [0.15, 0.2) is 0 Å². The van der Waals surface area contributed by atoms with Crippen molar-refractivity contribution >= 4 is 122 Å². The van der Waals surface area contributed by atoms with Gasteiger partial charge in [0.25, 0.3) is 6.71 Å². The Bertz CT molecular complexity index is 3470. The summed E-state index contributed by atoms with van der Waals surface area (Å²) in [5, 5.41) is 9.41. The summed E-state index contributed by atoms with van der Waals surface area (Å²) in [5.41, 5.74) is 17.0. The Labute approximate surface area is 387 Å². The average molecular weight is 877 g/mol. The molecule has 11 aromatic rings. The predicted octanol–water partition coefficient (Wildman–Crippen LogP) is 15.6. The van der Waals surface area contributed by atoms with Crippen molar-refractivity contribution in [3.8, 4) is 22.3 Å². The Hall–Kier alpha value is -6.80. The van der Waals surface area contributed by atoms with E-state index in [1.165, 1.54) is 69.9 Å². The molecule has 0 spiro atoms. The number of benzene rings is 7. The lowest BCUT2D eigenvalue weighted by Gasteiger charge is -2.40. The highest BCUT2D eigenvalue weighted by Crippen LogP contribution is 2.49. The minimum Gasteiger partial charge on any atom is -0.440 e. The molecule has 0 bridgehead atoms. The van der Waals surface area contributed by atoms with Crippen molar-refractivity contribution in [1.29, 1.82) is 0 Å². The Balaban J connectivity index is 1.07. The van der Waals surface area contributed by atoms with Crippen LogP contribution in [0.15, 0.2) is 171 Å². The summed E-state index contributed by atoms with van der Waals surface area (Å²) in [7, 11) is 0. The van der Waals surface area contributed by atoms with Crippen LogP contribution in [-0.2, 0) is 10.8 Å². The van der Waals surface area contributed by atoms with Crippen molar-refractivity contribution in [1.82, 2.24) is 0 Å². The second-order valence-corrected chi connectivity index (χ2v) is 21.6. The molecule has 4 aromatic heterocycles. The summed E-state index contributed by atoms with van der Waals surface area (Å²) in [6, 6.07) is 55.9. The first-order valence-electron chi connectivity index (χ1n) is 22.5. The van der Waals surface area contributed by atoms with Crippen LogP contribution in [0.2, 0.25) is 0 Å². The normalized spacial score (nSPS) is 13.6. The fourth-order valence-corrected chi connectivity index (χ4v) is 12.3. The third kappa shape index (κ3) is 5.81. The highest BCUT2D eigenvalue weighted by Gasteiger charge is 2.48. The van der Waals surface area contributed by atoms with E-state index in [2.05, 4.69) is 214 Å². The molecule has 2 aliphatic rings. The lowest BCUT2D eigenvalue weighted by atomic mass is 9.33. The molecule has 0 saturated heterocycles. The first-order valence-corrected chi connectivity index (χ1v) is 24.3. The van der Waals surface area contributed by atoms with Gasteiger partial charge in [0.2, 0.25) is 11.8 Å². The zero-order valence-corrected chi connectivity index (χ0v) is 38.8. The van der Waals surface area contributed by atoms with E-state index in [1.807, 2.05) is 0 Å². The number of thiophene rings is 2. The monoisotopic (exact) mass is 876 g/mol. The standard InChI is InChI=1S/C58H45BN2O2S2/c1-57(2,3)36-22-28-48-42(30-36)52-55(62-48)60(38-24-18-34(19-25-38)44-32-64-50-16-9-7-12-40(44)50)46-14-11-15-47-54(46)59(52)53-43-31-37(58(4,5)6)23-29-49(43)63-56(53)61(47)39-26-20-35(21-27-39)45-33-65-51-17-10-8-13-41(45)51/h7-33H,1-6H3. The summed E-state index contributed by atoms with van der Waals surface area (Å²) in [6.45, 7) is 13.6. The van der Waals surface area contributed by atoms with Gasteiger partial charge < -0.3 is 8.83 Å². The van der Waals surface area contributed by atoms with Gasteiger partial charge in [0.05, 0.1) is 0 Å². The number of anilines is 6. The molecule has 0 unspecified atom stereocenters. The third-order valence-electron chi connectivity index (χ3n) is 13.8. The second-order valence-electron chi connectivity index (χ2n) is 19.8. The summed E-state index contributed by atoms with van der Waals surface area (Å²) < 4.78 is 17.0. The molecular formula is C58H45BN2O2S2. The van der Waals surface area contributed by atoms with Gasteiger partial charge in [-0.25, -0.2) is 0 Å². The highest BCUT2D eigenvalue weighted by atomic mass is 32.1. The SMILES string of the molecule is CC(C)(C)c1ccc2oc3c(c2c1)B1c2c(cccc2N(c2ccc(-c4csc5ccccc45)cc2)c2oc4ccc(C(C)(C)C)cc4c21)N3c1ccc(-c2csc3ccccc23)cc1. The minimum absolute atomic E-state index is 0.0582. The van der Waals surface area contributed by atoms with E-state index < -0.39 is 0 Å². The van der Waals surface area contributed by atoms with Crippen molar-refractivity contribution in [2.75, 3.05) is 9.80 Å². The van der Waals surface area contributed by atoms with Crippen LogP contribution in [0.3, 0.4) is 0 Å². The van der Waals surface area contributed by atoms with E-state index in [9.17, 15) is 0 Å². The maximum atomic E-state index is 7.19. The van der Waals surface area contributed by atoms with Crippen LogP contribution in [0.1, 0.15) is 52.7 Å². The maximum absolute atomic E-state index is 7.19. The molecule has 4 nitrogen and oxygen atoms in total. The Morgan fingerprint density at radius 3 is 1.29 bits per heavy atom. The summed E-state index contributed by atoms with van der Waals surface area (Å²) in [6.07, 6.45) is 0. The van der Waals surface area contributed by atoms with Gasteiger partial charge in [-0.15, -0.1) is 22.7 Å². The molecule has 65 heavy (non-hydrogen) atoms. The van der Waals surface area contributed by atoms with Gasteiger partial charge in [-0.1, -0.05) is 120 Å². The largest absolute Gasteiger partial charge is 0.440 e. The zero-order valence-electron chi connectivity index (χ0n) is 37.2. The molecule has 13 rings (SSSR count). The third-order valence-corrected chi connectivity index (χ3v) is 15.7. The van der Waals surface area contributed by atoms with Crippen molar-refractivity contribution < 1.29 is 8.83 Å². The number of furan rings is 2. The Kier molecular flexibility index (Phi) is 8.24. The van der Waals surface area contributed by atoms with Crippen LogP contribution in [-0.4, -0.2) is 6.71 Å². The van der Waals surface area contributed by atoms with E-state index >= 15 is 0 Å². The topological polar surface area (TPSA) is 32.8 Å². The highest BCUT2D eigenvalue weighted by molar-refractivity contribution is 7.18. The molecule has 0 saturated carbocycles. The molecule has 0 N–H and O–H groups in total. The zero-order chi connectivity index (χ0) is 43.9. The molecule has 6 heterocycles. The van der Waals surface area contributed by atoms with Gasteiger partial charge in [-0.05, 0) is 122 Å². The van der Waals surface area contributed by atoms with Crippen LogP contribution < -0.4 is 26.2 Å². The van der Waals surface area contributed by atoms with Crippen LogP contribution in [0, 0.1) is 0 Å². The van der Waals surface area contributed by atoms with Crippen molar-refractivity contribution in [3.05, 3.63) is 174 Å². The van der Waals surface area contributed by atoms with Crippen molar-refractivity contribution in [2.24, 2.45) is 0 Å². The lowest BCUT2D eigenvalue weighted by molar-refractivity contribution is 0.589. The summed E-state index contributed by atoms with van der Waals surface area (Å²) in [4.78, 5) is 4.74. The number of hydrogen-bond acceptors (Lipinski definition) is 6. The first kappa shape index (κ1) is 38.6. The van der Waals surface area contributed by atoms with Gasteiger partial charge >= 0.3 is 0 Å². The molecular weight excluding hydrogens is 832 g/mol. The van der Waals surface area contributed by atoms with E-state index in [-0.39, 0.29) is 17.5 Å². The molecule has 0 fully saturated rings. The van der Waals surface area contributed by atoms with Crippen LogP contribution in [0.4, 0.5) is 34.5 Å². The smallest absolute Gasteiger partial charge is 0.262 e. The van der Waals surface area contributed by atoms with Gasteiger partial charge in [-0.3, -0.25) is 9.80 Å². The van der Waals surface area contributed by atoms with E-state index in [0.717, 1.165) is 56.5 Å². The van der Waals surface area contributed by atoms with Crippen LogP contribution in [0.25, 0.3) is 64.4 Å². The maximum Gasteiger partial charge on any atom is 0.262 e.